The molecule has 5 heterocycles. The fraction of sp³-hybridized carbons (Fsp3) is 0.656. The van der Waals surface area contributed by atoms with Crippen molar-refractivity contribution in [2.75, 3.05) is 46.1 Å². The lowest BCUT2D eigenvalue weighted by Crippen LogP contribution is -2.70. The number of carbonyl (C=O) groups excluding carboxylic acids is 7. The zero-order valence-corrected chi connectivity index (χ0v) is 54.1. The zero-order valence-electron chi connectivity index (χ0n) is 54.1. The van der Waals surface area contributed by atoms with Gasteiger partial charge in [0.05, 0.1) is 51.5 Å². The van der Waals surface area contributed by atoms with Gasteiger partial charge in [-0.05, 0) is 29.7 Å². The van der Waals surface area contributed by atoms with Crippen molar-refractivity contribution in [2.24, 2.45) is 27.2 Å². The van der Waals surface area contributed by atoms with Crippen molar-refractivity contribution in [3.8, 4) is 5.75 Å². The standard InChI is InChI=1S/C61H92N12O26/c1-3-4-5-9-12-38(79)94-25-36-45(83)47(85)50(88)59(98-36)99-52-35(24-77)97-58(51(89)48(52)86)95-30-15-13-27(14-16-30)17-31(68-54(91)39(70-37(78)18-62)26(2)28-10-7-6-8-11-28)53(90)71-40(42(80)32-19-65-60(63)69-32)56(93)72-41(55(92)67-29(21-74)22-75)43(81)33-20-66-61(64)73(33)57-49(87)46(84)44(82)34(23-76)96-57/h6-8,10-11,13-16,21,26,29,31-36,39-52,57-59,75-77,80-89H,3-5,9,12,17-20,22-25,62H2,1-2H3,(H2,64,66)(H,67,92)(H,68,91)(H,70,78)(H,71,90)(H,72,93)(H3,63,65,69)/t26?,29-,31-,32?,33?,34-,35-,36-,39+,40+,41-,42?,43-,44-,45-,46+,47+,48-,49+,50+,51+,52-,57+,58+,59-/m1/s1. The molecule has 2 aromatic carbocycles. The van der Waals surface area contributed by atoms with Crippen molar-refractivity contribution < 1.29 is 128 Å². The molecule has 5 amide bonds. The molecule has 38 heteroatoms. The van der Waals surface area contributed by atoms with Crippen LogP contribution in [0, 0.1) is 0 Å². The van der Waals surface area contributed by atoms with Crippen LogP contribution in [0.1, 0.15) is 63.0 Å². The molecule has 0 saturated carbocycles. The highest BCUT2D eigenvalue weighted by molar-refractivity contribution is 5.97. The maximum atomic E-state index is 15.2. The molecule has 5 aliphatic heterocycles. The Morgan fingerprint density at radius 1 is 0.677 bits per heavy atom. The van der Waals surface area contributed by atoms with Gasteiger partial charge in [0.25, 0.3) is 0 Å². The second kappa shape index (κ2) is 36.8. The fourth-order valence-corrected chi connectivity index (χ4v) is 11.8. The molecule has 7 rings (SSSR count). The average Bonchev–Trinajstić information content (AvgIpc) is 1.75. The van der Waals surface area contributed by atoms with Crippen molar-refractivity contribution in [3.63, 3.8) is 0 Å². The number of hydrogen-bond donors (Lipinski definition) is 22. The minimum absolute atomic E-state index is 0.0734. The molecule has 3 saturated heterocycles. The van der Waals surface area contributed by atoms with Crippen LogP contribution in [0.25, 0.3) is 0 Å². The Labute approximate surface area is 566 Å². The number of aldehydes is 1. The van der Waals surface area contributed by atoms with Gasteiger partial charge in [0.1, 0.15) is 134 Å². The van der Waals surface area contributed by atoms with E-state index in [1.54, 1.807) is 37.3 Å². The van der Waals surface area contributed by atoms with E-state index in [0.29, 0.717) is 12.0 Å². The van der Waals surface area contributed by atoms with Gasteiger partial charge >= 0.3 is 5.97 Å². The Hall–Kier alpha value is -7.45. The summed E-state index contributed by atoms with van der Waals surface area (Å²) >= 11 is 0. The van der Waals surface area contributed by atoms with E-state index in [1.807, 2.05) is 6.92 Å². The summed E-state index contributed by atoms with van der Waals surface area (Å²) in [6, 6.07) is 1.29. The summed E-state index contributed by atoms with van der Waals surface area (Å²) in [5.74, 6) is -8.09. The van der Waals surface area contributed by atoms with Gasteiger partial charge in [-0.15, -0.1) is 0 Å². The van der Waals surface area contributed by atoms with Crippen LogP contribution < -0.4 is 53.8 Å². The van der Waals surface area contributed by atoms with E-state index in [1.165, 1.54) is 24.3 Å². The number of aliphatic hydroxyl groups is 13. The summed E-state index contributed by atoms with van der Waals surface area (Å²) < 4.78 is 34.1. The fourth-order valence-electron chi connectivity index (χ4n) is 11.8. The van der Waals surface area contributed by atoms with E-state index in [4.69, 9.17) is 45.6 Å². The topological polar surface area (TPSA) is 616 Å². The molecule has 3 fully saturated rings. The molecule has 38 nitrogen and oxygen atoms in total. The maximum Gasteiger partial charge on any atom is 0.305 e. The van der Waals surface area contributed by atoms with E-state index in [2.05, 4.69) is 41.9 Å². The zero-order chi connectivity index (χ0) is 72.5. The molecule has 552 valence electrons. The number of esters is 1. The lowest BCUT2D eigenvalue weighted by molar-refractivity contribution is -0.352. The Balaban J connectivity index is 1.15. The molecular weight excluding hydrogens is 1320 g/mol. The number of nitrogens with two attached hydrogens (primary N) is 3. The summed E-state index contributed by atoms with van der Waals surface area (Å²) in [6.07, 6.45) is -28.6. The van der Waals surface area contributed by atoms with Crippen molar-refractivity contribution in [3.05, 3.63) is 65.7 Å². The van der Waals surface area contributed by atoms with Gasteiger partial charge in [0, 0.05) is 18.8 Å². The van der Waals surface area contributed by atoms with E-state index in [9.17, 15) is 90.4 Å². The van der Waals surface area contributed by atoms with Gasteiger partial charge in [0.15, 0.2) is 24.4 Å². The van der Waals surface area contributed by atoms with Crippen LogP contribution in [-0.2, 0) is 63.7 Å². The Bertz CT molecular complexity index is 3060. The number of amides is 5. The first-order chi connectivity index (χ1) is 47.2. The molecule has 0 radical (unpaired) electrons. The van der Waals surface area contributed by atoms with Crippen molar-refractivity contribution in [2.45, 2.75) is 205 Å². The van der Waals surface area contributed by atoms with Gasteiger partial charge in [-0.3, -0.25) is 38.8 Å². The third-order valence-corrected chi connectivity index (χ3v) is 17.6. The molecular formula is C61H92N12O26. The SMILES string of the molecule is CCCCCCC(=O)OC[C@H]1O[C@H](O[C@H]2[C@H](O)[C@H](O)[C@@H](Oc3ccc(C[C@@H](NC(=O)[C@@H](NC(=O)CN)C(C)c4ccccc4)C(=O)N[C@H](C(=O)N[C@@H](C(=O)N[C@H](C=O)CO)[C@H](O)C4CN=C(N)N4[C@H]4O[C@H](CO)[C@@H](O)[C@H](O)[C@@H]4O)C(O)C4CN=C(N)N4)cc3)O[C@@H]2CO)[C@@H](O)[C@@H](O)[C@@H]1O. The molecule has 25 N–H and O–H groups in total. The summed E-state index contributed by atoms with van der Waals surface area (Å²) in [6.45, 7) is -1.22. The monoisotopic (exact) mass is 1410 g/mol. The highest BCUT2D eigenvalue weighted by atomic mass is 16.7. The smallest absolute Gasteiger partial charge is 0.305 e. The van der Waals surface area contributed by atoms with Crippen molar-refractivity contribution in [1.82, 2.24) is 36.8 Å². The third-order valence-electron chi connectivity index (χ3n) is 17.6. The molecule has 2 aromatic rings. The van der Waals surface area contributed by atoms with Crippen LogP contribution in [0.15, 0.2) is 64.6 Å². The first-order valence-electron chi connectivity index (χ1n) is 32.2. The first-order valence-corrected chi connectivity index (χ1v) is 32.2. The van der Waals surface area contributed by atoms with Crippen LogP contribution in [0.5, 0.6) is 5.75 Å². The minimum Gasteiger partial charge on any atom is -0.463 e. The van der Waals surface area contributed by atoms with Gasteiger partial charge < -0.3 is 154 Å². The number of rotatable bonds is 34. The quantitative estimate of drug-likeness (QED) is 0.0176. The van der Waals surface area contributed by atoms with Crippen molar-refractivity contribution >= 4 is 53.7 Å². The van der Waals surface area contributed by atoms with Crippen molar-refractivity contribution in [1.29, 1.82) is 0 Å². The van der Waals surface area contributed by atoms with Gasteiger partial charge in [-0.1, -0.05) is 75.6 Å². The third kappa shape index (κ3) is 19.8. The summed E-state index contributed by atoms with van der Waals surface area (Å²) in [5.41, 5.74) is 18.5. The van der Waals surface area contributed by atoms with Crippen LogP contribution in [0.2, 0.25) is 0 Å². The summed E-state index contributed by atoms with van der Waals surface area (Å²) in [4.78, 5) is 105. The number of nitrogens with zero attached hydrogens (tertiary/aromatic N) is 3. The lowest BCUT2D eigenvalue weighted by atomic mass is 9.92. The highest BCUT2D eigenvalue weighted by Crippen LogP contribution is 2.33. The molecule has 4 unspecified atom stereocenters. The molecule has 0 bridgehead atoms. The van der Waals surface area contributed by atoms with E-state index in [0.717, 1.165) is 24.2 Å². The second-order valence-electron chi connectivity index (χ2n) is 24.5. The van der Waals surface area contributed by atoms with Crippen LogP contribution in [0.3, 0.4) is 0 Å². The Kier molecular flexibility index (Phi) is 29.3. The number of ether oxygens (including phenoxy) is 6. The predicted octanol–water partition coefficient (Wildman–Crippen LogP) is -11.1. The minimum atomic E-state index is -2.30. The molecule has 99 heavy (non-hydrogen) atoms. The first kappa shape index (κ1) is 78.9. The van der Waals surface area contributed by atoms with Crippen LogP contribution in [-0.4, -0.2) is 318 Å². The van der Waals surface area contributed by atoms with Crippen LogP contribution >= 0.6 is 0 Å². The predicted molar refractivity (Wildman–Crippen MR) is 338 cm³/mol. The number of hydrogen-bond acceptors (Lipinski definition) is 33. The number of unbranched alkanes of at least 4 members (excludes halogenated alkanes) is 3. The number of benzene rings is 2. The molecule has 0 aliphatic carbocycles. The average molecular weight is 1410 g/mol. The molecule has 25 atom stereocenters. The van der Waals surface area contributed by atoms with Gasteiger partial charge in [-0.25, -0.2) is 0 Å². The van der Waals surface area contributed by atoms with E-state index in [-0.39, 0.29) is 36.5 Å². The molecule has 5 aliphatic rings. The number of aliphatic hydroxyl groups excluding tert-OH is 13. The lowest BCUT2D eigenvalue weighted by Gasteiger charge is -2.46. The normalized spacial score (nSPS) is 30.8. The number of carbonyl (C=O) groups is 7. The summed E-state index contributed by atoms with van der Waals surface area (Å²) in [5, 5.41) is 157. The van der Waals surface area contributed by atoms with E-state index < -0.39 is 240 Å². The Morgan fingerprint density at radius 3 is 1.92 bits per heavy atom. The van der Waals surface area contributed by atoms with Crippen LogP contribution in [0.4, 0.5) is 0 Å². The largest absolute Gasteiger partial charge is 0.463 e. The van der Waals surface area contributed by atoms with Gasteiger partial charge in [0.2, 0.25) is 35.8 Å². The molecule has 0 spiro atoms. The van der Waals surface area contributed by atoms with Gasteiger partial charge in [-0.2, -0.15) is 0 Å². The number of aliphatic imine (C=N–C) groups is 2. The molecule has 0 aromatic heterocycles. The number of nitrogens with one attached hydrogen (secondary N) is 6. The second-order valence-corrected chi connectivity index (χ2v) is 24.5. The highest BCUT2D eigenvalue weighted by Gasteiger charge is 2.54. The maximum absolute atomic E-state index is 15.2. The van der Waals surface area contributed by atoms with E-state index >= 15 is 9.59 Å². The number of guanidine groups is 2. The summed E-state index contributed by atoms with van der Waals surface area (Å²) in [7, 11) is 0. The Morgan fingerprint density at radius 2 is 1.29 bits per heavy atom.